The van der Waals surface area contributed by atoms with Gasteiger partial charge in [0.25, 0.3) is 0 Å². The third-order valence-corrected chi connectivity index (χ3v) is 4.76. The fourth-order valence-electron chi connectivity index (χ4n) is 0.438. The van der Waals surface area contributed by atoms with E-state index >= 15 is 0 Å². The first-order chi connectivity index (χ1) is 5.66. The van der Waals surface area contributed by atoms with Gasteiger partial charge in [0.15, 0.2) is 0 Å². The second-order valence-corrected chi connectivity index (χ2v) is 6.59. The molecule has 0 aromatic rings. The zero-order chi connectivity index (χ0) is 9.40. The Morgan fingerprint density at radius 3 is 2.75 bits per heavy atom. The first-order valence-corrected chi connectivity index (χ1v) is 7.94. The Morgan fingerprint density at radius 1 is 1.58 bits per heavy atom. The molecule has 4 heteroatoms. The predicted molar refractivity (Wildman–Crippen MR) is 63.0 cm³/mol. The largest absolute Gasteiger partial charge is 0.255 e. The number of rotatable bonds is 6. The standard InChI is InChI=1S/C8H16OS3/c1-4-8(2)11-10-6-5-7-12(3)9/h5,7-8H,4,6H2,1-3H3/b7-5+/t8-,12-/m1/s1. The molecule has 0 saturated heterocycles. The summed E-state index contributed by atoms with van der Waals surface area (Å²) >= 11 is 0. The van der Waals surface area contributed by atoms with E-state index in [0.717, 1.165) is 11.0 Å². The Hall–Kier alpha value is 0.590. The van der Waals surface area contributed by atoms with Gasteiger partial charge in [-0.15, -0.1) is 0 Å². The molecule has 0 aliphatic heterocycles. The monoisotopic (exact) mass is 224 g/mol. The van der Waals surface area contributed by atoms with Gasteiger partial charge in [0, 0.05) is 28.1 Å². The third kappa shape index (κ3) is 8.68. The van der Waals surface area contributed by atoms with Crippen LogP contribution < -0.4 is 0 Å². The van der Waals surface area contributed by atoms with Gasteiger partial charge in [0.2, 0.25) is 0 Å². The van der Waals surface area contributed by atoms with Gasteiger partial charge in [-0.1, -0.05) is 41.5 Å². The molecule has 0 heterocycles. The van der Waals surface area contributed by atoms with Crippen LogP contribution in [0, 0.1) is 0 Å². The quantitative estimate of drug-likeness (QED) is 0.510. The van der Waals surface area contributed by atoms with Crippen molar-refractivity contribution in [3.8, 4) is 0 Å². The second-order valence-electron chi connectivity index (χ2n) is 2.47. The van der Waals surface area contributed by atoms with Crippen LogP contribution in [0.15, 0.2) is 11.5 Å². The lowest BCUT2D eigenvalue weighted by Gasteiger charge is -2.04. The summed E-state index contributed by atoms with van der Waals surface area (Å²) in [6, 6.07) is 0. The van der Waals surface area contributed by atoms with Gasteiger partial charge in [-0.05, 0) is 11.8 Å². The van der Waals surface area contributed by atoms with Crippen LogP contribution >= 0.6 is 21.6 Å². The van der Waals surface area contributed by atoms with Gasteiger partial charge >= 0.3 is 0 Å². The molecule has 0 N–H and O–H groups in total. The van der Waals surface area contributed by atoms with Crippen molar-refractivity contribution in [2.24, 2.45) is 0 Å². The van der Waals surface area contributed by atoms with Crippen molar-refractivity contribution >= 4 is 32.4 Å². The van der Waals surface area contributed by atoms with E-state index in [-0.39, 0.29) is 0 Å². The molecule has 0 radical (unpaired) electrons. The summed E-state index contributed by atoms with van der Waals surface area (Å²) in [6.07, 6.45) is 4.86. The molecule has 0 rings (SSSR count). The lowest BCUT2D eigenvalue weighted by molar-refractivity contribution is 0.691. The fourth-order valence-corrected chi connectivity index (χ4v) is 3.12. The minimum atomic E-state index is -0.785. The average molecular weight is 224 g/mol. The third-order valence-electron chi connectivity index (χ3n) is 1.26. The van der Waals surface area contributed by atoms with Gasteiger partial charge < -0.3 is 0 Å². The highest BCUT2D eigenvalue weighted by molar-refractivity contribution is 8.77. The van der Waals surface area contributed by atoms with Crippen molar-refractivity contribution < 1.29 is 4.21 Å². The summed E-state index contributed by atoms with van der Waals surface area (Å²) in [7, 11) is 2.93. The summed E-state index contributed by atoms with van der Waals surface area (Å²) in [5.74, 6) is 0.953. The van der Waals surface area contributed by atoms with Crippen LogP contribution in [0.2, 0.25) is 0 Å². The van der Waals surface area contributed by atoms with Crippen LogP contribution in [0.1, 0.15) is 20.3 Å². The Morgan fingerprint density at radius 2 is 2.25 bits per heavy atom. The Bertz CT molecular complexity index is 156. The molecular weight excluding hydrogens is 208 g/mol. The van der Waals surface area contributed by atoms with Crippen LogP contribution in [0.5, 0.6) is 0 Å². The molecule has 0 spiro atoms. The summed E-state index contributed by atoms with van der Waals surface area (Å²) in [6.45, 7) is 4.41. The molecule has 2 atom stereocenters. The van der Waals surface area contributed by atoms with Crippen molar-refractivity contribution in [2.45, 2.75) is 25.5 Å². The molecule has 12 heavy (non-hydrogen) atoms. The number of hydrogen-bond acceptors (Lipinski definition) is 3. The van der Waals surface area contributed by atoms with Crippen LogP contribution in [-0.2, 0) is 10.8 Å². The van der Waals surface area contributed by atoms with Crippen molar-refractivity contribution in [1.82, 2.24) is 0 Å². The maximum atomic E-state index is 10.6. The van der Waals surface area contributed by atoms with E-state index < -0.39 is 10.8 Å². The summed E-state index contributed by atoms with van der Waals surface area (Å²) in [5.41, 5.74) is 0. The smallest absolute Gasteiger partial charge is 0.0421 e. The molecule has 0 fully saturated rings. The predicted octanol–water partition coefficient (Wildman–Crippen LogP) is 3.06. The highest BCUT2D eigenvalue weighted by atomic mass is 33.1. The molecule has 0 amide bonds. The molecule has 0 aliphatic rings. The average Bonchev–Trinajstić information content (AvgIpc) is 2.03. The first-order valence-electron chi connectivity index (χ1n) is 3.94. The van der Waals surface area contributed by atoms with E-state index in [9.17, 15) is 4.21 Å². The molecule has 0 saturated carbocycles. The minimum absolute atomic E-state index is 0.718. The van der Waals surface area contributed by atoms with E-state index in [4.69, 9.17) is 0 Å². The highest BCUT2D eigenvalue weighted by Gasteiger charge is 1.96. The Balaban J connectivity index is 3.26. The SMILES string of the molecule is CC[C@@H](C)SSC/C=C/[S@@](C)=O. The van der Waals surface area contributed by atoms with Crippen LogP contribution in [-0.4, -0.2) is 21.5 Å². The molecule has 0 aromatic heterocycles. The lowest BCUT2D eigenvalue weighted by atomic mass is 10.4. The Labute approximate surface area is 85.6 Å². The molecule has 0 unspecified atom stereocenters. The maximum absolute atomic E-state index is 10.6. The summed E-state index contributed by atoms with van der Waals surface area (Å²) in [4.78, 5) is 0. The fraction of sp³-hybridized carbons (Fsp3) is 0.750. The Kier molecular flexibility index (Phi) is 8.60. The van der Waals surface area contributed by atoms with E-state index in [1.807, 2.05) is 27.7 Å². The molecule has 1 nitrogen and oxygen atoms in total. The molecular formula is C8H16OS3. The van der Waals surface area contributed by atoms with Crippen molar-refractivity contribution in [1.29, 1.82) is 0 Å². The molecule has 0 bridgehead atoms. The van der Waals surface area contributed by atoms with Gasteiger partial charge in [0.05, 0.1) is 0 Å². The highest BCUT2D eigenvalue weighted by Crippen LogP contribution is 2.27. The first kappa shape index (κ1) is 12.6. The summed E-state index contributed by atoms with van der Waals surface area (Å²) in [5, 5.41) is 2.46. The van der Waals surface area contributed by atoms with Crippen molar-refractivity contribution in [2.75, 3.05) is 12.0 Å². The van der Waals surface area contributed by atoms with Crippen LogP contribution in [0.4, 0.5) is 0 Å². The van der Waals surface area contributed by atoms with Crippen LogP contribution in [0.3, 0.4) is 0 Å². The van der Waals surface area contributed by atoms with Crippen LogP contribution in [0.25, 0.3) is 0 Å². The molecule has 0 aromatic carbocycles. The number of hydrogen-bond donors (Lipinski definition) is 0. The molecule has 0 aliphatic carbocycles. The second kappa shape index (κ2) is 8.20. The zero-order valence-electron chi connectivity index (χ0n) is 7.78. The van der Waals surface area contributed by atoms with Gasteiger partial charge in [-0.25, -0.2) is 0 Å². The zero-order valence-corrected chi connectivity index (χ0v) is 10.2. The minimum Gasteiger partial charge on any atom is -0.255 e. The van der Waals surface area contributed by atoms with Gasteiger partial charge in [-0.2, -0.15) is 0 Å². The van der Waals surface area contributed by atoms with E-state index in [1.54, 1.807) is 11.7 Å². The van der Waals surface area contributed by atoms with Crippen molar-refractivity contribution in [3.05, 3.63) is 11.5 Å². The normalized spacial score (nSPS) is 16.6. The van der Waals surface area contributed by atoms with Gasteiger partial charge in [-0.3, -0.25) is 4.21 Å². The van der Waals surface area contributed by atoms with E-state index in [2.05, 4.69) is 13.8 Å². The lowest BCUT2D eigenvalue weighted by Crippen LogP contribution is -1.88. The summed E-state index contributed by atoms with van der Waals surface area (Å²) < 4.78 is 10.6. The van der Waals surface area contributed by atoms with Crippen molar-refractivity contribution in [3.63, 3.8) is 0 Å². The van der Waals surface area contributed by atoms with E-state index in [1.165, 1.54) is 6.42 Å². The van der Waals surface area contributed by atoms with Gasteiger partial charge in [0.1, 0.15) is 0 Å². The topological polar surface area (TPSA) is 17.1 Å². The van der Waals surface area contributed by atoms with E-state index in [0.29, 0.717) is 0 Å². The maximum Gasteiger partial charge on any atom is 0.0421 e. The molecule has 72 valence electrons.